The minimum atomic E-state index is 0.281. The average molecular weight is 318 g/mol. The molecule has 1 aliphatic rings. The standard InChI is InChI=1S/C21H22N2O/c1-2-5-16(6-3-1)13-17-14-18-7-4-10-23-21(18)20(15-17)24-19-8-11-22-12-9-19/h1-7,10,14-15,19,22H,8-9,11-13H2. The predicted molar refractivity (Wildman–Crippen MR) is 97.5 cm³/mol. The van der Waals surface area contributed by atoms with Gasteiger partial charge in [-0.05, 0) is 61.7 Å². The number of rotatable bonds is 4. The summed E-state index contributed by atoms with van der Waals surface area (Å²) in [5, 5.41) is 4.53. The van der Waals surface area contributed by atoms with Crippen LogP contribution in [-0.2, 0) is 6.42 Å². The number of fused-ring (bicyclic) bond motifs is 1. The zero-order valence-electron chi connectivity index (χ0n) is 13.7. The Morgan fingerprint density at radius 2 is 1.79 bits per heavy atom. The normalized spacial score (nSPS) is 15.5. The number of aromatic nitrogens is 1. The van der Waals surface area contributed by atoms with Crippen molar-refractivity contribution in [2.75, 3.05) is 13.1 Å². The molecule has 24 heavy (non-hydrogen) atoms. The van der Waals surface area contributed by atoms with Crippen molar-refractivity contribution in [2.45, 2.75) is 25.4 Å². The van der Waals surface area contributed by atoms with Crippen LogP contribution in [0.5, 0.6) is 5.75 Å². The molecular formula is C21H22N2O. The summed E-state index contributed by atoms with van der Waals surface area (Å²) in [6.45, 7) is 2.06. The molecule has 0 bridgehead atoms. The summed E-state index contributed by atoms with van der Waals surface area (Å²) in [5.74, 6) is 0.922. The van der Waals surface area contributed by atoms with E-state index in [2.05, 4.69) is 58.8 Å². The maximum absolute atomic E-state index is 6.34. The average Bonchev–Trinajstić information content (AvgIpc) is 2.63. The van der Waals surface area contributed by atoms with Gasteiger partial charge in [-0.3, -0.25) is 4.98 Å². The van der Waals surface area contributed by atoms with Gasteiger partial charge in [0.05, 0.1) is 0 Å². The Balaban J connectivity index is 1.67. The molecule has 122 valence electrons. The third-order valence-corrected chi connectivity index (χ3v) is 4.56. The molecular weight excluding hydrogens is 296 g/mol. The number of hydrogen-bond acceptors (Lipinski definition) is 3. The Labute approximate surface area is 142 Å². The van der Waals surface area contributed by atoms with Crippen molar-refractivity contribution >= 4 is 10.9 Å². The Kier molecular flexibility index (Phi) is 4.43. The zero-order valence-corrected chi connectivity index (χ0v) is 13.7. The van der Waals surface area contributed by atoms with Crippen LogP contribution in [0, 0.1) is 0 Å². The van der Waals surface area contributed by atoms with E-state index >= 15 is 0 Å². The summed E-state index contributed by atoms with van der Waals surface area (Å²) in [6.07, 6.45) is 5.14. The summed E-state index contributed by atoms with van der Waals surface area (Å²) in [4.78, 5) is 4.55. The minimum absolute atomic E-state index is 0.281. The van der Waals surface area contributed by atoms with Crippen LogP contribution in [0.4, 0.5) is 0 Å². The molecule has 1 aromatic heterocycles. The maximum atomic E-state index is 6.34. The highest BCUT2D eigenvalue weighted by molar-refractivity contribution is 5.85. The van der Waals surface area contributed by atoms with Crippen molar-refractivity contribution < 1.29 is 4.74 Å². The number of nitrogens with zero attached hydrogens (tertiary/aromatic N) is 1. The zero-order chi connectivity index (χ0) is 16.2. The van der Waals surface area contributed by atoms with Gasteiger partial charge in [-0.25, -0.2) is 0 Å². The third kappa shape index (κ3) is 3.41. The van der Waals surface area contributed by atoms with E-state index in [1.807, 2.05) is 12.3 Å². The van der Waals surface area contributed by atoms with Crippen LogP contribution in [0.1, 0.15) is 24.0 Å². The van der Waals surface area contributed by atoms with Crippen molar-refractivity contribution in [2.24, 2.45) is 0 Å². The second kappa shape index (κ2) is 7.02. The molecule has 3 nitrogen and oxygen atoms in total. The molecule has 1 fully saturated rings. The lowest BCUT2D eigenvalue weighted by Gasteiger charge is -2.24. The molecule has 2 aromatic carbocycles. The quantitative estimate of drug-likeness (QED) is 0.791. The van der Waals surface area contributed by atoms with Crippen LogP contribution in [0.3, 0.4) is 0 Å². The molecule has 0 unspecified atom stereocenters. The van der Waals surface area contributed by atoms with E-state index in [4.69, 9.17) is 4.74 Å². The maximum Gasteiger partial charge on any atom is 0.146 e. The van der Waals surface area contributed by atoms with Crippen LogP contribution in [0.15, 0.2) is 60.8 Å². The van der Waals surface area contributed by atoms with Gasteiger partial charge in [-0.1, -0.05) is 36.4 Å². The molecule has 0 aliphatic carbocycles. The molecule has 0 saturated carbocycles. The van der Waals surface area contributed by atoms with Gasteiger partial charge in [0.15, 0.2) is 0 Å². The molecule has 3 heteroatoms. The fourth-order valence-corrected chi connectivity index (χ4v) is 3.33. The van der Waals surface area contributed by atoms with Crippen molar-refractivity contribution in [3.8, 4) is 5.75 Å². The first-order chi connectivity index (χ1) is 11.9. The van der Waals surface area contributed by atoms with Crippen LogP contribution in [-0.4, -0.2) is 24.2 Å². The molecule has 0 amide bonds. The van der Waals surface area contributed by atoms with Gasteiger partial charge in [-0.15, -0.1) is 0 Å². The van der Waals surface area contributed by atoms with Crippen LogP contribution >= 0.6 is 0 Å². The fraction of sp³-hybridized carbons (Fsp3) is 0.286. The van der Waals surface area contributed by atoms with E-state index in [1.165, 1.54) is 11.1 Å². The largest absolute Gasteiger partial charge is 0.488 e. The van der Waals surface area contributed by atoms with Gasteiger partial charge < -0.3 is 10.1 Å². The molecule has 1 saturated heterocycles. The lowest BCUT2D eigenvalue weighted by atomic mass is 10.0. The summed E-state index contributed by atoms with van der Waals surface area (Å²) in [7, 11) is 0. The third-order valence-electron chi connectivity index (χ3n) is 4.56. The molecule has 0 atom stereocenters. The van der Waals surface area contributed by atoms with E-state index in [0.717, 1.165) is 49.0 Å². The molecule has 0 radical (unpaired) electrons. The van der Waals surface area contributed by atoms with Gasteiger partial charge in [0.1, 0.15) is 17.4 Å². The number of benzene rings is 2. The highest BCUT2D eigenvalue weighted by atomic mass is 16.5. The number of ether oxygens (including phenoxy) is 1. The van der Waals surface area contributed by atoms with E-state index in [9.17, 15) is 0 Å². The molecule has 1 N–H and O–H groups in total. The number of piperidine rings is 1. The monoisotopic (exact) mass is 318 g/mol. The van der Waals surface area contributed by atoms with Crippen LogP contribution in [0.2, 0.25) is 0 Å². The van der Waals surface area contributed by atoms with Gasteiger partial charge in [0.2, 0.25) is 0 Å². The molecule has 2 heterocycles. The molecule has 3 aromatic rings. The van der Waals surface area contributed by atoms with E-state index < -0.39 is 0 Å². The van der Waals surface area contributed by atoms with Gasteiger partial charge in [0.25, 0.3) is 0 Å². The fourth-order valence-electron chi connectivity index (χ4n) is 3.33. The van der Waals surface area contributed by atoms with E-state index in [1.54, 1.807) is 0 Å². The van der Waals surface area contributed by atoms with E-state index in [0.29, 0.717) is 0 Å². The summed E-state index contributed by atoms with van der Waals surface area (Å²) < 4.78 is 6.34. The Morgan fingerprint density at radius 1 is 0.958 bits per heavy atom. The molecule has 0 spiro atoms. The van der Waals surface area contributed by atoms with Crippen molar-refractivity contribution in [3.63, 3.8) is 0 Å². The van der Waals surface area contributed by atoms with Crippen LogP contribution in [0.25, 0.3) is 10.9 Å². The first kappa shape index (κ1) is 15.2. The number of pyridine rings is 1. The number of hydrogen-bond donors (Lipinski definition) is 1. The Hall–Kier alpha value is -2.39. The predicted octanol–water partition coefficient (Wildman–Crippen LogP) is 3.96. The smallest absolute Gasteiger partial charge is 0.146 e. The second-order valence-corrected chi connectivity index (χ2v) is 6.40. The lowest BCUT2D eigenvalue weighted by molar-refractivity contribution is 0.164. The first-order valence-corrected chi connectivity index (χ1v) is 8.67. The Bertz CT molecular complexity index is 810. The lowest BCUT2D eigenvalue weighted by Crippen LogP contribution is -2.34. The number of nitrogens with one attached hydrogen (secondary N) is 1. The van der Waals surface area contributed by atoms with Gasteiger partial charge in [-0.2, -0.15) is 0 Å². The topological polar surface area (TPSA) is 34.1 Å². The summed E-state index contributed by atoms with van der Waals surface area (Å²) in [6, 6.07) is 19.1. The van der Waals surface area contributed by atoms with Gasteiger partial charge >= 0.3 is 0 Å². The highest BCUT2D eigenvalue weighted by Crippen LogP contribution is 2.29. The molecule has 1 aliphatic heterocycles. The minimum Gasteiger partial charge on any atom is -0.488 e. The highest BCUT2D eigenvalue weighted by Gasteiger charge is 2.16. The Morgan fingerprint density at radius 3 is 2.62 bits per heavy atom. The second-order valence-electron chi connectivity index (χ2n) is 6.40. The van der Waals surface area contributed by atoms with Crippen molar-refractivity contribution in [3.05, 3.63) is 71.9 Å². The SMILES string of the molecule is c1ccc(Cc2cc(OC3CCNCC3)c3ncccc3c2)cc1. The van der Waals surface area contributed by atoms with Gasteiger partial charge in [0, 0.05) is 11.6 Å². The summed E-state index contributed by atoms with van der Waals surface area (Å²) >= 11 is 0. The summed E-state index contributed by atoms with van der Waals surface area (Å²) in [5.41, 5.74) is 3.55. The molecule has 4 rings (SSSR count). The van der Waals surface area contributed by atoms with Crippen LogP contribution < -0.4 is 10.1 Å². The first-order valence-electron chi connectivity index (χ1n) is 8.67. The van der Waals surface area contributed by atoms with Crippen molar-refractivity contribution in [1.82, 2.24) is 10.3 Å². The van der Waals surface area contributed by atoms with Crippen molar-refractivity contribution in [1.29, 1.82) is 0 Å². The van der Waals surface area contributed by atoms with E-state index in [-0.39, 0.29) is 6.10 Å².